The van der Waals surface area contributed by atoms with Crippen molar-refractivity contribution in [3.63, 3.8) is 0 Å². The lowest BCUT2D eigenvalue weighted by Crippen LogP contribution is -2.29. The van der Waals surface area contributed by atoms with E-state index in [4.69, 9.17) is 4.74 Å². The second kappa shape index (κ2) is 7.39. The molecule has 0 radical (unpaired) electrons. The number of benzene rings is 2. The molecule has 0 aromatic heterocycles. The van der Waals surface area contributed by atoms with Crippen LogP contribution in [0.1, 0.15) is 46.9 Å². The Morgan fingerprint density at radius 1 is 1.08 bits per heavy atom. The third-order valence-electron chi connectivity index (χ3n) is 4.27. The average molecular weight is 352 g/mol. The first-order valence-corrected chi connectivity index (χ1v) is 8.52. The number of carbonyl (C=O) groups excluding carboxylic acids is 3. The minimum Gasteiger partial charge on any atom is -0.495 e. The van der Waals surface area contributed by atoms with Crippen molar-refractivity contribution in [1.82, 2.24) is 0 Å². The van der Waals surface area contributed by atoms with Gasteiger partial charge in [-0.25, -0.2) is 4.90 Å². The Kier molecular flexibility index (Phi) is 5.02. The fourth-order valence-corrected chi connectivity index (χ4v) is 2.91. The van der Waals surface area contributed by atoms with Crippen LogP contribution in [0.3, 0.4) is 0 Å². The molecule has 1 aliphatic rings. The van der Waals surface area contributed by atoms with Crippen LogP contribution in [0.4, 0.5) is 11.4 Å². The van der Waals surface area contributed by atoms with Crippen LogP contribution in [0, 0.1) is 0 Å². The summed E-state index contributed by atoms with van der Waals surface area (Å²) in [7, 11) is 1.50. The van der Waals surface area contributed by atoms with Gasteiger partial charge < -0.3 is 10.1 Å². The van der Waals surface area contributed by atoms with Crippen LogP contribution in [-0.4, -0.2) is 24.8 Å². The zero-order valence-electron chi connectivity index (χ0n) is 14.7. The number of fused-ring (bicyclic) bond motifs is 1. The molecule has 0 atom stereocenters. The van der Waals surface area contributed by atoms with Gasteiger partial charge in [-0.05, 0) is 36.8 Å². The lowest BCUT2D eigenvalue weighted by molar-refractivity contribution is -0.116. The Morgan fingerprint density at radius 3 is 2.31 bits per heavy atom. The molecule has 1 N–H and O–H groups in total. The van der Waals surface area contributed by atoms with E-state index >= 15 is 0 Å². The number of methoxy groups -OCH3 is 1. The molecule has 0 bridgehead atoms. The van der Waals surface area contributed by atoms with Crippen LogP contribution in [0.2, 0.25) is 0 Å². The van der Waals surface area contributed by atoms with E-state index in [9.17, 15) is 14.4 Å². The van der Waals surface area contributed by atoms with Crippen LogP contribution in [0.25, 0.3) is 0 Å². The van der Waals surface area contributed by atoms with Gasteiger partial charge in [-0.3, -0.25) is 14.4 Å². The van der Waals surface area contributed by atoms with Gasteiger partial charge in [0.05, 0.1) is 29.6 Å². The fourth-order valence-electron chi connectivity index (χ4n) is 2.91. The zero-order chi connectivity index (χ0) is 18.7. The van der Waals surface area contributed by atoms with Gasteiger partial charge in [0.25, 0.3) is 11.8 Å². The highest BCUT2D eigenvalue weighted by Crippen LogP contribution is 2.34. The van der Waals surface area contributed by atoms with Gasteiger partial charge in [-0.15, -0.1) is 0 Å². The standard InChI is InChI=1S/C20H20N2O4/c1-3-4-9-18(23)21-16-12-13(10-11-17(16)26-2)22-19(24)14-7-5-6-8-15(14)20(22)25/h5-8,10-12H,3-4,9H2,1-2H3,(H,21,23). The molecule has 2 aromatic rings. The SMILES string of the molecule is CCCCC(=O)Nc1cc(N2C(=O)c3ccccc3C2=O)ccc1OC. The molecule has 0 saturated carbocycles. The van der Waals surface area contributed by atoms with Crippen molar-refractivity contribution >= 4 is 29.1 Å². The second-order valence-corrected chi connectivity index (χ2v) is 6.03. The molecule has 0 unspecified atom stereocenters. The van der Waals surface area contributed by atoms with Crippen LogP contribution in [0.5, 0.6) is 5.75 Å². The largest absolute Gasteiger partial charge is 0.495 e. The summed E-state index contributed by atoms with van der Waals surface area (Å²) in [6, 6.07) is 11.6. The summed E-state index contributed by atoms with van der Waals surface area (Å²) in [5.41, 5.74) is 1.58. The summed E-state index contributed by atoms with van der Waals surface area (Å²) in [4.78, 5) is 38.4. The highest BCUT2D eigenvalue weighted by Gasteiger charge is 2.36. The quantitative estimate of drug-likeness (QED) is 0.806. The van der Waals surface area contributed by atoms with Gasteiger partial charge in [0.15, 0.2) is 0 Å². The summed E-state index contributed by atoms with van der Waals surface area (Å²) in [5, 5.41) is 2.80. The molecule has 1 aliphatic heterocycles. The number of imide groups is 1. The summed E-state index contributed by atoms with van der Waals surface area (Å²) in [6.07, 6.45) is 2.10. The summed E-state index contributed by atoms with van der Waals surface area (Å²) in [5.74, 6) is -0.419. The van der Waals surface area contributed by atoms with Gasteiger partial charge in [-0.1, -0.05) is 25.5 Å². The minimum absolute atomic E-state index is 0.135. The zero-order valence-corrected chi connectivity index (χ0v) is 14.7. The van der Waals surface area contributed by atoms with Crippen molar-refractivity contribution in [2.45, 2.75) is 26.2 Å². The molecule has 3 rings (SSSR count). The van der Waals surface area contributed by atoms with Crippen molar-refractivity contribution in [3.8, 4) is 5.75 Å². The normalized spacial score (nSPS) is 12.9. The highest BCUT2D eigenvalue weighted by atomic mass is 16.5. The third-order valence-corrected chi connectivity index (χ3v) is 4.27. The maximum Gasteiger partial charge on any atom is 0.266 e. The number of hydrogen-bond donors (Lipinski definition) is 1. The third kappa shape index (κ3) is 3.18. The summed E-state index contributed by atoms with van der Waals surface area (Å²) in [6.45, 7) is 2.01. The average Bonchev–Trinajstić information content (AvgIpc) is 2.91. The molecule has 0 spiro atoms. The van der Waals surface area contributed by atoms with Gasteiger partial charge >= 0.3 is 0 Å². The predicted molar refractivity (Wildman–Crippen MR) is 98.7 cm³/mol. The van der Waals surface area contributed by atoms with Crippen molar-refractivity contribution in [2.24, 2.45) is 0 Å². The molecular weight excluding hydrogens is 332 g/mol. The van der Waals surface area contributed by atoms with Crippen molar-refractivity contribution < 1.29 is 19.1 Å². The molecule has 2 aromatic carbocycles. The number of anilines is 2. The molecular formula is C20H20N2O4. The van der Waals surface area contributed by atoms with Crippen LogP contribution < -0.4 is 15.0 Å². The van der Waals surface area contributed by atoms with Crippen LogP contribution in [-0.2, 0) is 4.79 Å². The molecule has 0 aliphatic carbocycles. The first-order chi connectivity index (χ1) is 12.6. The first-order valence-electron chi connectivity index (χ1n) is 8.52. The Labute approximate surface area is 151 Å². The Hall–Kier alpha value is -3.15. The number of amides is 3. The summed E-state index contributed by atoms with van der Waals surface area (Å²) < 4.78 is 5.28. The number of hydrogen-bond acceptors (Lipinski definition) is 4. The molecule has 26 heavy (non-hydrogen) atoms. The fraction of sp³-hybridized carbons (Fsp3) is 0.250. The maximum absolute atomic E-state index is 12.6. The van der Waals surface area contributed by atoms with E-state index in [2.05, 4.69) is 5.32 Å². The van der Waals surface area contributed by atoms with Gasteiger partial charge in [0, 0.05) is 6.42 Å². The topological polar surface area (TPSA) is 75.7 Å². The number of rotatable bonds is 6. The highest BCUT2D eigenvalue weighted by molar-refractivity contribution is 6.34. The second-order valence-electron chi connectivity index (χ2n) is 6.03. The number of nitrogens with one attached hydrogen (secondary N) is 1. The Morgan fingerprint density at radius 2 is 1.73 bits per heavy atom. The van der Waals surface area contributed by atoms with Crippen LogP contribution in [0.15, 0.2) is 42.5 Å². The molecule has 6 heteroatoms. The maximum atomic E-state index is 12.6. The van der Waals surface area contributed by atoms with E-state index in [-0.39, 0.29) is 17.7 Å². The van der Waals surface area contributed by atoms with Crippen LogP contribution >= 0.6 is 0 Å². The van der Waals surface area contributed by atoms with Gasteiger partial charge in [0.2, 0.25) is 5.91 Å². The summed E-state index contributed by atoms with van der Waals surface area (Å²) >= 11 is 0. The number of ether oxygens (including phenoxy) is 1. The van der Waals surface area contributed by atoms with Crippen molar-refractivity contribution in [1.29, 1.82) is 0 Å². The number of nitrogens with zero attached hydrogens (tertiary/aromatic N) is 1. The van der Waals surface area contributed by atoms with Gasteiger partial charge in [0.1, 0.15) is 5.75 Å². The Balaban J connectivity index is 1.92. The van der Waals surface area contributed by atoms with Crippen molar-refractivity contribution in [3.05, 3.63) is 53.6 Å². The smallest absolute Gasteiger partial charge is 0.266 e. The van der Waals surface area contributed by atoms with E-state index in [1.165, 1.54) is 7.11 Å². The van der Waals surface area contributed by atoms with E-state index in [1.54, 1.807) is 42.5 Å². The van der Waals surface area contributed by atoms with Gasteiger partial charge in [-0.2, -0.15) is 0 Å². The lowest BCUT2D eigenvalue weighted by atomic mass is 10.1. The first kappa shape index (κ1) is 17.7. The van der Waals surface area contributed by atoms with Crippen molar-refractivity contribution in [2.75, 3.05) is 17.3 Å². The van der Waals surface area contributed by atoms with E-state index in [0.29, 0.717) is 34.7 Å². The Bertz CT molecular complexity index is 841. The lowest BCUT2D eigenvalue weighted by Gasteiger charge is -2.17. The van der Waals surface area contributed by atoms with E-state index in [1.807, 2.05) is 6.92 Å². The molecule has 134 valence electrons. The van der Waals surface area contributed by atoms with E-state index in [0.717, 1.165) is 17.7 Å². The predicted octanol–water partition coefficient (Wildman–Crippen LogP) is 3.62. The molecule has 1 heterocycles. The number of carbonyl (C=O) groups is 3. The monoisotopic (exact) mass is 352 g/mol. The molecule has 6 nitrogen and oxygen atoms in total. The molecule has 3 amide bonds. The van der Waals surface area contributed by atoms with E-state index < -0.39 is 0 Å². The molecule has 0 saturated heterocycles. The number of unbranched alkanes of at least 4 members (excludes halogenated alkanes) is 1. The minimum atomic E-state index is -0.376. The molecule has 0 fully saturated rings.